The molecule has 0 saturated heterocycles. The molecule has 0 bridgehead atoms. The lowest BCUT2D eigenvalue weighted by Gasteiger charge is -2.15. The standard InChI is InChI=1S/C14H19N5O3/c1-21-7-11-6-12(19-14(18-11)15-8-16-19)17-10-4-3-9(5-10)13(20)22-2/h6,8-10,17H,3-5,7H2,1-2H3/t9-,10+/m0/s1. The molecule has 1 saturated carbocycles. The number of carbonyl (C=O) groups is 1. The molecule has 0 amide bonds. The van der Waals surface area contributed by atoms with Crippen molar-refractivity contribution in [3.05, 3.63) is 18.1 Å². The second-order valence-electron chi connectivity index (χ2n) is 5.41. The van der Waals surface area contributed by atoms with Gasteiger partial charge in [-0.2, -0.15) is 14.6 Å². The van der Waals surface area contributed by atoms with Crippen LogP contribution in [-0.2, 0) is 20.9 Å². The van der Waals surface area contributed by atoms with E-state index in [1.165, 1.54) is 13.4 Å². The Morgan fingerprint density at radius 1 is 1.45 bits per heavy atom. The predicted octanol–water partition coefficient (Wildman–Crippen LogP) is 1.02. The first-order chi connectivity index (χ1) is 10.7. The van der Waals surface area contributed by atoms with Crippen LogP contribution in [0.2, 0.25) is 0 Å². The lowest BCUT2D eigenvalue weighted by Crippen LogP contribution is -2.20. The van der Waals surface area contributed by atoms with Gasteiger partial charge in [0, 0.05) is 19.2 Å². The van der Waals surface area contributed by atoms with Crippen molar-refractivity contribution in [1.29, 1.82) is 0 Å². The minimum Gasteiger partial charge on any atom is -0.469 e. The Balaban J connectivity index is 1.78. The summed E-state index contributed by atoms with van der Waals surface area (Å²) in [4.78, 5) is 20.1. The van der Waals surface area contributed by atoms with Crippen LogP contribution in [0.5, 0.6) is 0 Å². The molecule has 0 unspecified atom stereocenters. The molecule has 0 aliphatic heterocycles. The number of aromatic nitrogens is 4. The molecule has 8 nitrogen and oxygen atoms in total. The molecule has 0 aromatic carbocycles. The maximum Gasteiger partial charge on any atom is 0.308 e. The number of nitrogens with one attached hydrogen (secondary N) is 1. The largest absolute Gasteiger partial charge is 0.469 e. The molecule has 2 heterocycles. The fraction of sp³-hybridized carbons (Fsp3) is 0.571. The van der Waals surface area contributed by atoms with Gasteiger partial charge in [0.15, 0.2) is 0 Å². The van der Waals surface area contributed by atoms with Gasteiger partial charge in [-0.1, -0.05) is 0 Å². The summed E-state index contributed by atoms with van der Waals surface area (Å²) < 4.78 is 11.6. The first kappa shape index (κ1) is 14.7. The van der Waals surface area contributed by atoms with Crippen LogP contribution in [0.4, 0.5) is 5.82 Å². The Kier molecular flexibility index (Phi) is 4.19. The summed E-state index contributed by atoms with van der Waals surface area (Å²) in [7, 11) is 3.06. The lowest BCUT2D eigenvalue weighted by atomic mass is 10.1. The number of methoxy groups -OCH3 is 2. The third-order valence-corrected chi connectivity index (χ3v) is 3.92. The van der Waals surface area contributed by atoms with Gasteiger partial charge in [-0.15, -0.1) is 0 Å². The van der Waals surface area contributed by atoms with E-state index in [0.29, 0.717) is 12.4 Å². The van der Waals surface area contributed by atoms with Crippen LogP contribution in [0.1, 0.15) is 25.0 Å². The number of nitrogens with zero attached hydrogens (tertiary/aromatic N) is 4. The second-order valence-corrected chi connectivity index (χ2v) is 5.41. The maximum atomic E-state index is 11.6. The lowest BCUT2D eigenvalue weighted by molar-refractivity contribution is -0.145. The third-order valence-electron chi connectivity index (χ3n) is 3.92. The average Bonchev–Trinajstić information content (AvgIpc) is 3.16. The molecule has 1 N–H and O–H groups in total. The van der Waals surface area contributed by atoms with Crippen LogP contribution in [0.25, 0.3) is 5.78 Å². The minimum absolute atomic E-state index is 0.0333. The predicted molar refractivity (Wildman–Crippen MR) is 78.3 cm³/mol. The summed E-state index contributed by atoms with van der Waals surface area (Å²) in [6.07, 6.45) is 3.97. The number of hydrogen-bond acceptors (Lipinski definition) is 7. The molecule has 2 atom stereocenters. The van der Waals surface area contributed by atoms with E-state index in [2.05, 4.69) is 20.4 Å². The van der Waals surface area contributed by atoms with Gasteiger partial charge < -0.3 is 14.8 Å². The monoisotopic (exact) mass is 305 g/mol. The van der Waals surface area contributed by atoms with Crippen LogP contribution in [0.15, 0.2) is 12.4 Å². The third kappa shape index (κ3) is 2.87. The Bertz CT molecular complexity index is 672. The first-order valence-corrected chi connectivity index (χ1v) is 7.24. The van der Waals surface area contributed by atoms with Gasteiger partial charge in [0.1, 0.15) is 12.1 Å². The van der Waals surface area contributed by atoms with Crippen molar-refractivity contribution in [2.75, 3.05) is 19.5 Å². The molecule has 22 heavy (non-hydrogen) atoms. The van der Waals surface area contributed by atoms with E-state index in [0.717, 1.165) is 30.8 Å². The highest BCUT2D eigenvalue weighted by Crippen LogP contribution is 2.29. The minimum atomic E-state index is -0.134. The number of carbonyl (C=O) groups excluding carboxylic acids is 1. The molecule has 118 valence electrons. The van der Waals surface area contributed by atoms with Crippen LogP contribution < -0.4 is 5.32 Å². The topological polar surface area (TPSA) is 90.6 Å². The van der Waals surface area contributed by atoms with Crippen LogP contribution >= 0.6 is 0 Å². The molecular weight excluding hydrogens is 286 g/mol. The summed E-state index contributed by atoms with van der Waals surface area (Å²) in [5, 5.41) is 7.62. The zero-order valence-corrected chi connectivity index (χ0v) is 12.7. The number of fused-ring (bicyclic) bond motifs is 1. The summed E-state index contributed by atoms with van der Waals surface area (Å²) in [5.41, 5.74) is 0.785. The number of rotatable bonds is 5. The average molecular weight is 305 g/mol. The van der Waals surface area contributed by atoms with Crippen molar-refractivity contribution >= 4 is 17.6 Å². The smallest absolute Gasteiger partial charge is 0.308 e. The summed E-state index contributed by atoms with van der Waals surface area (Å²) in [6, 6.07) is 2.10. The molecule has 0 radical (unpaired) electrons. The van der Waals surface area contributed by atoms with Crippen molar-refractivity contribution in [3.63, 3.8) is 0 Å². The van der Waals surface area contributed by atoms with Gasteiger partial charge in [0.25, 0.3) is 5.78 Å². The Morgan fingerprint density at radius 2 is 2.32 bits per heavy atom. The number of anilines is 1. The Labute approximate surface area is 127 Å². The highest BCUT2D eigenvalue weighted by Gasteiger charge is 2.31. The Hall–Kier alpha value is -2.22. The highest BCUT2D eigenvalue weighted by atomic mass is 16.5. The molecule has 2 aromatic rings. The quantitative estimate of drug-likeness (QED) is 0.825. The van der Waals surface area contributed by atoms with Gasteiger partial charge >= 0.3 is 5.97 Å². The molecule has 2 aromatic heterocycles. The van der Waals surface area contributed by atoms with Crippen molar-refractivity contribution in [2.45, 2.75) is 31.9 Å². The van der Waals surface area contributed by atoms with Crippen LogP contribution in [0.3, 0.4) is 0 Å². The van der Waals surface area contributed by atoms with E-state index in [-0.39, 0.29) is 17.9 Å². The SMILES string of the molecule is COCc1cc(N[C@@H]2CC[C@H](C(=O)OC)C2)n2ncnc2n1. The van der Waals surface area contributed by atoms with Gasteiger partial charge in [-0.05, 0) is 19.3 Å². The molecule has 1 fully saturated rings. The number of esters is 1. The van der Waals surface area contributed by atoms with Gasteiger partial charge in [0.05, 0.1) is 25.3 Å². The number of ether oxygens (including phenoxy) is 2. The van der Waals surface area contributed by atoms with E-state index >= 15 is 0 Å². The fourth-order valence-electron chi connectivity index (χ4n) is 2.89. The Morgan fingerprint density at radius 3 is 3.09 bits per heavy atom. The van der Waals surface area contributed by atoms with Crippen molar-refractivity contribution in [1.82, 2.24) is 19.6 Å². The molecule has 3 rings (SSSR count). The summed E-state index contributed by atoms with van der Waals surface area (Å²) >= 11 is 0. The van der Waals surface area contributed by atoms with Gasteiger partial charge in [-0.25, -0.2) is 4.98 Å². The zero-order chi connectivity index (χ0) is 15.5. The summed E-state index contributed by atoms with van der Waals surface area (Å²) in [5.74, 6) is 1.17. The van der Waals surface area contributed by atoms with E-state index < -0.39 is 0 Å². The molecule has 1 aliphatic rings. The summed E-state index contributed by atoms with van der Waals surface area (Å²) in [6.45, 7) is 0.410. The fourth-order valence-corrected chi connectivity index (χ4v) is 2.89. The zero-order valence-electron chi connectivity index (χ0n) is 12.7. The van der Waals surface area contributed by atoms with E-state index in [1.807, 2.05) is 6.07 Å². The molecule has 1 aliphatic carbocycles. The van der Waals surface area contributed by atoms with E-state index in [4.69, 9.17) is 9.47 Å². The van der Waals surface area contributed by atoms with Gasteiger partial charge in [-0.3, -0.25) is 4.79 Å². The van der Waals surface area contributed by atoms with Gasteiger partial charge in [0.2, 0.25) is 0 Å². The molecule has 8 heteroatoms. The van der Waals surface area contributed by atoms with Crippen LogP contribution in [0, 0.1) is 5.92 Å². The first-order valence-electron chi connectivity index (χ1n) is 7.24. The van der Waals surface area contributed by atoms with E-state index in [9.17, 15) is 4.79 Å². The second kappa shape index (κ2) is 6.27. The van der Waals surface area contributed by atoms with Crippen LogP contribution in [-0.4, -0.2) is 45.8 Å². The van der Waals surface area contributed by atoms with Crippen molar-refractivity contribution in [2.24, 2.45) is 5.92 Å². The molecular formula is C14H19N5O3. The van der Waals surface area contributed by atoms with Crippen molar-refractivity contribution in [3.8, 4) is 0 Å². The van der Waals surface area contributed by atoms with E-state index in [1.54, 1.807) is 11.6 Å². The number of hydrogen-bond donors (Lipinski definition) is 1. The van der Waals surface area contributed by atoms with Crippen molar-refractivity contribution < 1.29 is 14.3 Å². The highest BCUT2D eigenvalue weighted by molar-refractivity contribution is 5.72. The maximum absolute atomic E-state index is 11.6. The molecule has 0 spiro atoms. The normalized spacial score (nSPS) is 21.2.